The van der Waals surface area contributed by atoms with Gasteiger partial charge in [-0.1, -0.05) is 32.4 Å². The average molecular weight is 303 g/mol. The molecule has 1 unspecified atom stereocenters. The summed E-state index contributed by atoms with van der Waals surface area (Å²) in [5, 5.41) is 2.96. The first-order chi connectivity index (χ1) is 8.81. The zero-order valence-corrected chi connectivity index (χ0v) is 13.4. The Hall–Kier alpha value is -0.580. The van der Waals surface area contributed by atoms with E-state index in [4.69, 9.17) is 17.3 Å². The fraction of sp³-hybridized carbons (Fsp3) is 0.643. The van der Waals surface area contributed by atoms with Gasteiger partial charge in [-0.05, 0) is 30.4 Å². The van der Waals surface area contributed by atoms with Gasteiger partial charge in [-0.15, -0.1) is 11.3 Å². The molecule has 0 spiro atoms. The third-order valence-corrected chi connectivity index (χ3v) is 4.10. The van der Waals surface area contributed by atoms with Gasteiger partial charge in [0.2, 0.25) is 5.91 Å². The molecule has 1 heterocycles. The van der Waals surface area contributed by atoms with Gasteiger partial charge in [0.1, 0.15) is 0 Å². The van der Waals surface area contributed by atoms with Crippen molar-refractivity contribution in [2.24, 2.45) is 17.1 Å². The van der Waals surface area contributed by atoms with Crippen molar-refractivity contribution >= 4 is 28.8 Å². The summed E-state index contributed by atoms with van der Waals surface area (Å²) in [6.45, 7) is 7.40. The summed E-state index contributed by atoms with van der Waals surface area (Å²) in [7, 11) is 0. The number of hydrogen-bond acceptors (Lipinski definition) is 3. The second kappa shape index (κ2) is 7.27. The molecule has 19 heavy (non-hydrogen) atoms. The Balaban J connectivity index is 2.36. The van der Waals surface area contributed by atoms with Crippen LogP contribution in [0.4, 0.5) is 0 Å². The molecule has 108 valence electrons. The van der Waals surface area contributed by atoms with Crippen LogP contribution >= 0.6 is 22.9 Å². The predicted molar refractivity (Wildman–Crippen MR) is 82.7 cm³/mol. The van der Waals surface area contributed by atoms with E-state index in [-0.39, 0.29) is 17.2 Å². The number of nitrogens with two attached hydrogens (primary N) is 1. The summed E-state index contributed by atoms with van der Waals surface area (Å²) in [5.74, 6) is -0.0491. The van der Waals surface area contributed by atoms with Crippen molar-refractivity contribution in [3.8, 4) is 0 Å². The summed E-state index contributed by atoms with van der Waals surface area (Å²) in [6.07, 6.45) is 1.62. The van der Waals surface area contributed by atoms with Crippen LogP contribution in [0.25, 0.3) is 0 Å². The topological polar surface area (TPSA) is 55.1 Å². The number of rotatable bonds is 6. The number of hydrogen-bond donors (Lipinski definition) is 2. The van der Waals surface area contributed by atoms with Crippen molar-refractivity contribution in [3.05, 3.63) is 21.3 Å². The molecule has 1 aromatic heterocycles. The van der Waals surface area contributed by atoms with Crippen molar-refractivity contribution < 1.29 is 4.79 Å². The average Bonchev–Trinajstić information content (AvgIpc) is 2.70. The number of amides is 1. The number of halogens is 1. The van der Waals surface area contributed by atoms with E-state index in [1.165, 1.54) is 4.88 Å². The van der Waals surface area contributed by atoms with Crippen LogP contribution in [0, 0.1) is 11.3 Å². The number of thiophene rings is 1. The largest absolute Gasteiger partial charge is 0.355 e. The molecule has 0 bridgehead atoms. The lowest BCUT2D eigenvalue weighted by Gasteiger charge is -2.24. The minimum atomic E-state index is -0.105. The summed E-state index contributed by atoms with van der Waals surface area (Å²) in [4.78, 5) is 13.2. The van der Waals surface area contributed by atoms with Gasteiger partial charge in [-0.25, -0.2) is 0 Å². The highest BCUT2D eigenvalue weighted by molar-refractivity contribution is 7.16. The highest BCUT2D eigenvalue weighted by atomic mass is 35.5. The lowest BCUT2D eigenvalue weighted by atomic mass is 9.84. The molecule has 5 heteroatoms. The fourth-order valence-corrected chi connectivity index (χ4v) is 3.05. The van der Waals surface area contributed by atoms with Crippen molar-refractivity contribution in [2.45, 2.75) is 33.6 Å². The molecule has 0 radical (unpaired) electrons. The molecule has 1 amide bonds. The maximum atomic E-state index is 12.0. The molecule has 0 aliphatic heterocycles. The Morgan fingerprint density at radius 3 is 2.63 bits per heavy atom. The molecule has 1 aromatic rings. The van der Waals surface area contributed by atoms with Crippen LogP contribution in [0.1, 0.15) is 32.1 Å². The molecular weight excluding hydrogens is 280 g/mol. The number of carbonyl (C=O) groups is 1. The van der Waals surface area contributed by atoms with Gasteiger partial charge in [0.25, 0.3) is 0 Å². The van der Waals surface area contributed by atoms with Crippen LogP contribution in [0.15, 0.2) is 12.1 Å². The highest BCUT2D eigenvalue weighted by Crippen LogP contribution is 2.24. The standard InChI is InChI=1S/C14H23ClN2OS/c1-14(2,3)8-10(9-16)13(18)17-7-6-11-4-5-12(15)19-11/h4-5,10H,6-9,16H2,1-3H3,(H,17,18). The number of nitrogens with one attached hydrogen (secondary N) is 1. The zero-order valence-electron chi connectivity index (χ0n) is 11.8. The fourth-order valence-electron chi connectivity index (χ4n) is 1.96. The van der Waals surface area contributed by atoms with Gasteiger partial charge >= 0.3 is 0 Å². The minimum absolute atomic E-state index is 0.0556. The van der Waals surface area contributed by atoms with Gasteiger partial charge in [-0.2, -0.15) is 0 Å². The molecule has 0 aromatic carbocycles. The van der Waals surface area contributed by atoms with E-state index < -0.39 is 0 Å². The summed E-state index contributed by atoms with van der Waals surface area (Å²) in [6, 6.07) is 3.88. The zero-order chi connectivity index (χ0) is 14.5. The molecule has 1 atom stereocenters. The van der Waals surface area contributed by atoms with E-state index >= 15 is 0 Å². The van der Waals surface area contributed by atoms with Crippen molar-refractivity contribution in [1.29, 1.82) is 0 Å². The Morgan fingerprint density at radius 1 is 1.47 bits per heavy atom. The molecule has 1 rings (SSSR count). The van der Waals surface area contributed by atoms with Gasteiger partial charge in [0, 0.05) is 18.0 Å². The van der Waals surface area contributed by atoms with Crippen molar-refractivity contribution in [1.82, 2.24) is 5.32 Å². The van der Waals surface area contributed by atoms with Gasteiger partial charge in [-0.3, -0.25) is 4.79 Å². The summed E-state index contributed by atoms with van der Waals surface area (Å²) >= 11 is 7.42. The van der Waals surface area contributed by atoms with Crippen LogP contribution in [0.2, 0.25) is 4.34 Å². The van der Waals surface area contributed by atoms with E-state index in [9.17, 15) is 4.79 Å². The molecule has 3 N–H and O–H groups in total. The molecule has 0 saturated heterocycles. The first kappa shape index (κ1) is 16.5. The normalized spacial score (nSPS) is 13.3. The van der Waals surface area contributed by atoms with E-state index in [1.807, 2.05) is 12.1 Å². The molecular formula is C14H23ClN2OS. The van der Waals surface area contributed by atoms with Gasteiger partial charge in [0.15, 0.2) is 0 Å². The Kier molecular flexibility index (Phi) is 6.30. The van der Waals surface area contributed by atoms with Gasteiger partial charge < -0.3 is 11.1 Å². The smallest absolute Gasteiger partial charge is 0.224 e. The van der Waals surface area contributed by atoms with Crippen molar-refractivity contribution in [2.75, 3.05) is 13.1 Å². The monoisotopic (exact) mass is 302 g/mol. The second-order valence-corrected chi connectivity index (χ2v) is 7.74. The van der Waals surface area contributed by atoms with Crippen molar-refractivity contribution in [3.63, 3.8) is 0 Å². The Morgan fingerprint density at radius 2 is 2.16 bits per heavy atom. The van der Waals surface area contributed by atoms with Gasteiger partial charge in [0.05, 0.1) is 10.3 Å². The third kappa shape index (κ3) is 6.41. The Labute approximate surface area is 124 Å². The molecule has 0 fully saturated rings. The van der Waals surface area contributed by atoms with Crippen LogP contribution < -0.4 is 11.1 Å². The molecule has 0 aliphatic rings. The SMILES string of the molecule is CC(C)(C)CC(CN)C(=O)NCCc1ccc(Cl)s1. The lowest BCUT2D eigenvalue weighted by Crippen LogP contribution is -2.38. The first-order valence-corrected chi connectivity index (χ1v) is 7.73. The van der Waals surface area contributed by atoms with Crippen LogP contribution in [-0.4, -0.2) is 19.0 Å². The predicted octanol–water partition coefficient (Wildman–Crippen LogP) is 3.07. The van der Waals surface area contributed by atoms with Crippen LogP contribution in [-0.2, 0) is 11.2 Å². The van der Waals surface area contributed by atoms with E-state index in [1.54, 1.807) is 11.3 Å². The maximum absolute atomic E-state index is 12.0. The Bertz CT molecular complexity index is 412. The maximum Gasteiger partial charge on any atom is 0.224 e. The van der Waals surface area contributed by atoms with Crippen LogP contribution in [0.5, 0.6) is 0 Å². The summed E-state index contributed by atoms with van der Waals surface area (Å²) < 4.78 is 0.786. The van der Waals surface area contributed by atoms with Crippen LogP contribution in [0.3, 0.4) is 0 Å². The third-order valence-electron chi connectivity index (χ3n) is 2.81. The number of carbonyl (C=O) groups excluding carboxylic acids is 1. The quantitative estimate of drug-likeness (QED) is 0.848. The van der Waals surface area contributed by atoms with E-state index in [2.05, 4.69) is 26.1 Å². The molecule has 3 nitrogen and oxygen atoms in total. The lowest BCUT2D eigenvalue weighted by molar-refractivity contribution is -0.125. The van der Waals surface area contributed by atoms with E-state index in [0.717, 1.165) is 17.2 Å². The highest BCUT2D eigenvalue weighted by Gasteiger charge is 2.23. The molecule has 0 saturated carbocycles. The summed E-state index contributed by atoms with van der Waals surface area (Å²) in [5.41, 5.74) is 5.80. The first-order valence-electron chi connectivity index (χ1n) is 6.54. The second-order valence-electron chi connectivity index (χ2n) is 5.94. The van der Waals surface area contributed by atoms with E-state index in [0.29, 0.717) is 13.1 Å². The molecule has 0 aliphatic carbocycles. The minimum Gasteiger partial charge on any atom is -0.355 e.